The first-order valence-electron chi connectivity index (χ1n) is 9.47. The topological polar surface area (TPSA) is 17.8 Å². The zero-order valence-electron chi connectivity index (χ0n) is 16.4. The lowest BCUT2D eigenvalue weighted by atomic mass is 10.1. The van der Waals surface area contributed by atoms with Crippen molar-refractivity contribution in [1.82, 2.24) is 9.78 Å². The number of aryl methyl sites for hydroxylation is 3. The molecule has 0 radical (unpaired) electrons. The highest BCUT2D eigenvalue weighted by Crippen LogP contribution is 2.37. The van der Waals surface area contributed by atoms with Crippen molar-refractivity contribution in [1.29, 1.82) is 0 Å². The van der Waals surface area contributed by atoms with Crippen molar-refractivity contribution in [3.63, 3.8) is 0 Å². The van der Waals surface area contributed by atoms with Gasteiger partial charge in [-0.15, -0.1) is 0 Å². The molecule has 0 atom stereocenters. The van der Waals surface area contributed by atoms with Gasteiger partial charge in [-0.25, -0.2) is 0 Å². The predicted octanol–water partition coefficient (Wildman–Crippen LogP) is 6.84. The van der Waals surface area contributed by atoms with Gasteiger partial charge in [0.1, 0.15) is 5.69 Å². The molecule has 3 heteroatoms. The molecule has 0 amide bonds. The Hall–Kier alpha value is -2.84. The third-order valence-corrected chi connectivity index (χ3v) is 5.29. The van der Waals surface area contributed by atoms with Crippen LogP contribution in [0.4, 0.5) is 0 Å². The molecule has 0 saturated heterocycles. The molecule has 28 heavy (non-hydrogen) atoms. The summed E-state index contributed by atoms with van der Waals surface area (Å²) >= 11 is 6.91. The highest BCUT2D eigenvalue weighted by molar-refractivity contribution is 6.35. The molecule has 0 bridgehead atoms. The van der Waals surface area contributed by atoms with Crippen molar-refractivity contribution < 1.29 is 0 Å². The molecule has 0 aliphatic heterocycles. The van der Waals surface area contributed by atoms with Crippen LogP contribution >= 0.6 is 11.6 Å². The van der Waals surface area contributed by atoms with Crippen molar-refractivity contribution in [3.8, 4) is 22.5 Å². The molecule has 0 aliphatic rings. The Morgan fingerprint density at radius 2 is 1.36 bits per heavy atom. The zero-order valence-corrected chi connectivity index (χ0v) is 17.2. The number of hydrogen-bond acceptors (Lipinski definition) is 1. The average Bonchev–Trinajstić information content (AvgIpc) is 2.99. The van der Waals surface area contributed by atoms with Crippen LogP contribution in [-0.2, 0) is 6.54 Å². The van der Waals surface area contributed by atoms with Crippen LogP contribution in [0.2, 0.25) is 5.02 Å². The van der Waals surface area contributed by atoms with E-state index >= 15 is 0 Å². The minimum atomic E-state index is 0.676. The van der Waals surface area contributed by atoms with E-state index in [0.717, 1.165) is 22.5 Å². The Morgan fingerprint density at radius 1 is 0.750 bits per heavy atom. The summed E-state index contributed by atoms with van der Waals surface area (Å²) in [7, 11) is 0. The van der Waals surface area contributed by atoms with Gasteiger partial charge in [0.05, 0.1) is 17.3 Å². The monoisotopic (exact) mass is 386 g/mol. The number of nitrogens with zero attached hydrogens (tertiary/aromatic N) is 2. The second-order valence-electron chi connectivity index (χ2n) is 7.39. The van der Waals surface area contributed by atoms with Gasteiger partial charge in [-0.1, -0.05) is 89.0 Å². The molecule has 140 valence electrons. The van der Waals surface area contributed by atoms with Crippen molar-refractivity contribution in [3.05, 3.63) is 100 Å². The van der Waals surface area contributed by atoms with Crippen LogP contribution in [-0.4, -0.2) is 9.78 Å². The zero-order chi connectivity index (χ0) is 19.7. The Bertz CT molecular complexity index is 1120. The summed E-state index contributed by atoms with van der Waals surface area (Å²) in [5, 5.41) is 5.63. The molecule has 0 unspecified atom stereocenters. The van der Waals surface area contributed by atoms with Crippen LogP contribution in [0.25, 0.3) is 22.5 Å². The van der Waals surface area contributed by atoms with E-state index in [1.165, 1.54) is 22.3 Å². The second-order valence-corrected chi connectivity index (χ2v) is 7.77. The Labute approximate surface area is 171 Å². The van der Waals surface area contributed by atoms with Crippen LogP contribution in [0.5, 0.6) is 0 Å². The molecule has 0 saturated carbocycles. The molecule has 4 aromatic rings. The van der Waals surface area contributed by atoms with Gasteiger partial charge in [-0.05, 0) is 38.5 Å². The fraction of sp³-hybridized carbons (Fsp3) is 0.160. The fourth-order valence-electron chi connectivity index (χ4n) is 3.47. The maximum absolute atomic E-state index is 6.91. The van der Waals surface area contributed by atoms with Gasteiger partial charge < -0.3 is 0 Å². The molecule has 1 heterocycles. The molecule has 0 N–H and O–H groups in total. The Morgan fingerprint density at radius 3 is 2.00 bits per heavy atom. The van der Waals surface area contributed by atoms with Gasteiger partial charge >= 0.3 is 0 Å². The number of halogens is 1. The summed E-state index contributed by atoms with van der Waals surface area (Å²) in [5.74, 6) is 0. The van der Waals surface area contributed by atoms with Crippen LogP contribution < -0.4 is 0 Å². The van der Waals surface area contributed by atoms with E-state index in [1.54, 1.807) is 0 Å². The lowest BCUT2D eigenvalue weighted by Gasteiger charge is -2.09. The summed E-state index contributed by atoms with van der Waals surface area (Å²) in [6.07, 6.45) is 0. The van der Waals surface area contributed by atoms with E-state index in [9.17, 15) is 0 Å². The molecule has 4 rings (SSSR count). The van der Waals surface area contributed by atoms with Crippen molar-refractivity contribution in [2.24, 2.45) is 0 Å². The molecule has 0 spiro atoms. The highest BCUT2D eigenvalue weighted by atomic mass is 35.5. The first-order valence-corrected chi connectivity index (χ1v) is 9.85. The normalized spacial score (nSPS) is 11.0. The van der Waals surface area contributed by atoms with E-state index < -0.39 is 0 Å². The molecule has 0 aliphatic carbocycles. The minimum Gasteiger partial charge on any atom is -0.258 e. The van der Waals surface area contributed by atoms with Gasteiger partial charge in [0.15, 0.2) is 0 Å². The standard InChI is InChI=1S/C25H23ClN2/c1-17-10-12-20(13-11-17)16-28-25(22-9-5-7-19(3)15-22)23(26)24(27-28)21-8-4-6-18(2)14-21/h4-15H,16H2,1-3H3. The third-order valence-electron chi connectivity index (χ3n) is 4.93. The molecule has 2 nitrogen and oxygen atoms in total. The molecular formula is C25H23ClN2. The minimum absolute atomic E-state index is 0.676. The Kier molecular flexibility index (Phi) is 5.06. The van der Waals surface area contributed by atoms with Gasteiger partial charge in [-0.3, -0.25) is 4.68 Å². The van der Waals surface area contributed by atoms with E-state index in [1.807, 2.05) is 10.7 Å². The second kappa shape index (κ2) is 7.65. The predicted molar refractivity (Wildman–Crippen MR) is 118 cm³/mol. The van der Waals surface area contributed by atoms with Gasteiger partial charge in [0.25, 0.3) is 0 Å². The number of aromatic nitrogens is 2. The van der Waals surface area contributed by atoms with E-state index in [2.05, 4.69) is 87.5 Å². The summed E-state index contributed by atoms with van der Waals surface area (Å²) in [4.78, 5) is 0. The number of benzene rings is 3. The van der Waals surface area contributed by atoms with Crippen LogP contribution in [0.3, 0.4) is 0 Å². The van der Waals surface area contributed by atoms with E-state index in [4.69, 9.17) is 16.7 Å². The maximum Gasteiger partial charge on any atom is 0.112 e. The third kappa shape index (κ3) is 3.74. The first kappa shape index (κ1) is 18.5. The van der Waals surface area contributed by atoms with Gasteiger partial charge in [-0.2, -0.15) is 5.10 Å². The lowest BCUT2D eigenvalue weighted by Crippen LogP contribution is -2.04. The summed E-state index contributed by atoms with van der Waals surface area (Å²) in [6.45, 7) is 6.96. The van der Waals surface area contributed by atoms with Crippen LogP contribution in [0.15, 0.2) is 72.8 Å². The highest BCUT2D eigenvalue weighted by Gasteiger charge is 2.19. The van der Waals surface area contributed by atoms with Crippen LogP contribution in [0, 0.1) is 20.8 Å². The Balaban J connectivity index is 1.87. The summed E-state index contributed by atoms with van der Waals surface area (Å²) in [5.41, 5.74) is 8.77. The lowest BCUT2D eigenvalue weighted by molar-refractivity contribution is 0.697. The molecular weight excluding hydrogens is 364 g/mol. The SMILES string of the molecule is Cc1ccc(Cn2nc(-c3cccc(C)c3)c(Cl)c2-c2cccc(C)c2)cc1. The van der Waals surface area contributed by atoms with Crippen molar-refractivity contribution in [2.45, 2.75) is 27.3 Å². The first-order chi connectivity index (χ1) is 13.5. The quantitative estimate of drug-likeness (QED) is 0.375. The van der Waals surface area contributed by atoms with Crippen molar-refractivity contribution in [2.75, 3.05) is 0 Å². The van der Waals surface area contributed by atoms with E-state index in [0.29, 0.717) is 11.6 Å². The summed E-state index contributed by atoms with van der Waals surface area (Å²) in [6, 6.07) is 25.3. The molecule has 0 fully saturated rings. The number of hydrogen-bond donors (Lipinski definition) is 0. The largest absolute Gasteiger partial charge is 0.258 e. The van der Waals surface area contributed by atoms with Gasteiger partial charge in [0, 0.05) is 11.1 Å². The molecule has 1 aromatic heterocycles. The van der Waals surface area contributed by atoms with Crippen molar-refractivity contribution >= 4 is 11.6 Å². The van der Waals surface area contributed by atoms with Gasteiger partial charge in [0.2, 0.25) is 0 Å². The molecule has 3 aromatic carbocycles. The fourth-order valence-corrected chi connectivity index (χ4v) is 3.82. The smallest absolute Gasteiger partial charge is 0.112 e. The maximum atomic E-state index is 6.91. The van der Waals surface area contributed by atoms with Crippen LogP contribution in [0.1, 0.15) is 22.3 Å². The summed E-state index contributed by atoms with van der Waals surface area (Å²) < 4.78 is 2.03. The number of rotatable bonds is 4. The average molecular weight is 387 g/mol. The van der Waals surface area contributed by atoms with E-state index in [-0.39, 0.29) is 0 Å².